The third kappa shape index (κ3) is 4.19. The fraction of sp³-hybridized carbons (Fsp3) is 0.500. The zero-order chi connectivity index (χ0) is 15.5. The molecule has 1 unspecified atom stereocenters. The lowest BCUT2D eigenvalue weighted by atomic mass is 10.1. The SMILES string of the molecule is COC(=O)c1cccc(S(=O)(=O)NC2CCCNC2)c1C.Cl. The van der Waals surface area contributed by atoms with E-state index in [0.717, 1.165) is 19.4 Å². The summed E-state index contributed by atoms with van der Waals surface area (Å²) in [4.78, 5) is 11.8. The van der Waals surface area contributed by atoms with Crippen molar-refractivity contribution in [2.24, 2.45) is 0 Å². The number of piperidine rings is 1. The molecule has 0 radical (unpaired) electrons. The average molecular weight is 349 g/mol. The van der Waals surface area contributed by atoms with Crippen molar-refractivity contribution in [2.45, 2.75) is 30.7 Å². The first-order valence-corrected chi connectivity index (χ1v) is 8.35. The first-order chi connectivity index (χ1) is 9.95. The van der Waals surface area contributed by atoms with Gasteiger partial charge in [-0.2, -0.15) is 0 Å². The van der Waals surface area contributed by atoms with Crippen molar-refractivity contribution >= 4 is 28.4 Å². The molecule has 0 bridgehead atoms. The van der Waals surface area contributed by atoms with Gasteiger partial charge in [0.1, 0.15) is 0 Å². The van der Waals surface area contributed by atoms with Crippen LogP contribution in [0.2, 0.25) is 0 Å². The van der Waals surface area contributed by atoms with Crippen LogP contribution in [0.1, 0.15) is 28.8 Å². The molecule has 2 N–H and O–H groups in total. The number of ether oxygens (including phenoxy) is 1. The Morgan fingerprint density at radius 2 is 2.14 bits per heavy atom. The van der Waals surface area contributed by atoms with Gasteiger partial charge in [0, 0.05) is 12.6 Å². The molecule has 0 aliphatic carbocycles. The molecule has 1 atom stereocenters. The lowest BCUT2D eigenvalue weighted by Crippen LogP contribution is -2.45. The number of carbonyl (C=O) groups excluding carboxylic acids is 1. The lowest BCUT2D eigenvalue weighted by molar-refractivity contribution is 0.0599. The molecule has 8 heteroatoms. The minimum absolute atomic E-state index is 0. The number of benzene rings is 1. The van der Waals surface area contributed by atoms with Crippen LogP contribution in [0.25, 0.3) is 0 Å². The summed E-state index contributed by atoms with van der Waals surface area (Å²) in [5, 5.41) is 3.16. The van der Waals surface area contributed by atoms with Crippen LogP contribution in [0.3, 0.4) is 0 Å². The minimum atomic E-state index is -3.65. The van der Waals surface area contributed by atoms with Gasteiger partial charge in [0.25, 0.3) is 0 Å². The molecule has 1 fully saturated rings. The summed E-state index contributed by atoms with van der Waals surface area (Å²) in [6.07, 6.45) is 1.75. The number of rotatable bonds is 4. The van der Waals surface area contributed by atoms with Gasteiger partial charge in [-0.15, -0.1) is 12.4 Å². The van der Waals surface area contributed by atoms with E-state index >= 15 is 0 Å². The Labute approximate surface area is 137 Å². The van der Waals surface area contributed by atoms with Crippen molar-refractivity contribution in [3.05, 3.63) is 29.3 Å². The lowest BCUT2D eigenvalue weighted by Gasteiger charge is -2.24. The number of hydrogen-bond donors (Lipinski definition) is 2. The zero-order valence-corrected chi connectivity index (χ0v) is 14.2. The van der Waals surface area contributed by atoms with E-state index in [1.54, 1.807) is 19.1 Å². The monoisotopic (exact) mass is 348 g/mol. The predicted octanol–water partition coefficient (Wildman–Crippen LogP) is 1.23. The molecule has 1 aromatic rings. The Kier molecular flexibility index (Phi) is 6.80. The summed E-state index contributed by atoms with van der Waals surface area (Å²) in [5.74, 6) is -0.538. The van der Waals surface area contributed by atoms with Gasteiger partial charge in [0.15, 0.2) is 0 Å². The molecule has 6 nitrogen and oxygen atoms in total. The second-order valence-electron chi connectivity index (χ2n) is 5.08. The third-order valence-electron chi connectivity index (χ3n) is 3.60. The van der Waals surface area contributed by atoms with E-state index in [9.17, 15) is 13.2 Å². The van der Waals surface area contributed by atoms with Crippen molar-refractivity contribution in [3.8, 4) is 0 Å². The highest BCUT2D eigenvalue weighted by molar-refractivity contribution is 7.89. The molecule has 1 aromatic carbocycles. The van der Waals surface area contributed by atoms with Gasteiger partial charge in [-0.3, -0.25) is 0 Å². The van der Waals surface area contributed by atoms with Gasteiger partial charge in [-0.1, -0.05) is 6.07 Å². The number of hydrogen-bond acceptors (Lipinski definition) is 5. The molecule has 0 spiro atoms. The highest BCUT2D eigenvalue weighted by atomic mass is 35.5. The van der Waals surface area contributed by atoms with Crippen LogP contribution in [-0.2, 0) is 14.8 Å². The van der Waals surface area contributed by atoms with Crippen LogP contribution in [0, 0.1) is 6.92 Å². The summed E-state index contributed by atoms with van der Waals surface area (Å²) in [5.41, 5.74) is 0.669. The molecule has 1 aliphatic heterocycles. The summed E-state index contributed by atoms with van der Waals surface area (Å²) >= 11 is 0. The van der Waals surface area contributed by atoms with Gasteiger partial charge < -0.3 is 10.1 Å². The summed E-state index contributed by atoms with van der Waals surface area (Å²) < 4.78 is 32.4. The maximum absolute atomic E-state index is 12.5. The molecular weight excluding hydrogens is 328 g/mol. The van der Waals surface area contributed by atoms with E-state index in [0.29, 0.717) is 12.1 Å². The Morgan fingerprint density at radius 3 is 2.73 bits per heavy atom. The minimum Gasteiger partial charge on any atom is -0.465 e. The van der Waals surface area contributed by atoms with E-state index in [4.69, 9.17) is 0 Å². The molecule has 1 saturated heterocycles. The van der Waals surface area contributed by atoms with E-state index in [1.165, 1.54) is 13.2 Å². The Hall–Kier alpha value is -1.15. The fourth-order valence-electron chi connectivity index (χ4n) is 2.47. The van der Waals surface area contributed by atoms with Gasteiger partial charge in [0.05, 0.1) is 17.6 Å². The van der Waals surface area contributed by atoms with Crippen molar-refractivity contribution in [1.29, 1.82) is 0 Å². The molecule has 2 rings (SSSR count). The van der Waals surface area contributed by atoms with Gasteiger partial charge in [0.2, 0.25) is 10.0 Å². The van der Waals surface area contributed by atoms with Crippen LogP contribution in [0.5, 0.6) is 0 Å². The van der Waals surface area contributed by atoms with Crippen LogP contribution in [0.4, 0.5) is 0 Å². The maximum atomic E-state index is 12.5. The average Bonchev–Trinajstić information content (AvgIpc) is 2.47. The van der Waals surface area contributed by atoms with Crippen molar-refractivity contribution < 1.29 is 17.9 Å². The predicted molar refractivity (Wildman–Crippen MR) is 86.0 cm³/mol. The van der Waals surface area contributed by atoms with Crippen LogP contribution < -0.4 is 10.0 Å². The number of esters is 1. The number of sulfonamides is 1. The second-order valence-corrected chi connectivity index (χ2v) is 6.77. The highest BCUT2D eigenvalue weighted by Gasteiger charge is 2.25. The molecule has 22 heavy (non-hydrogen) atoms. The van der Waals surface area contributed by atoms with Gasteiger partial charge in [-0.25, -0.2) is 17.9 Å². The van der Waals surface area contributed by atoms with Crippen molar-refractivity contribution in [3.63, 3.8) is 0 Å². The summed E-state index contributed by atoms with van der Waals surface area (Å²) in [6.45, 7) is 3.14. The maximum Gasteiger partial charge on any atom is 0.338 e. The van der Waals surface area contributed by atoms with Gasteiger partial charge in [-0.05, 0) is 44.0 Å². The van der Waals surface area contributed by atoms with E-state index in [1.807, 2.05) is 0 Å². The Bertz CT molecular complexity index is 628. The number of halogens is 1. The molecule has 0 amide bonds. The highest BCUT2D eigenvalue weighted by Crippen LogP contribution is 2.20. The smallest absolute Gasteiger partial charge is 0.338 e. The molecule has 1 heterocycles. The molecule has 0 aromatic heterocycles. The molecule has 0 saturated carbocycles. The van der Waals surface area contributed by atoms with Crippen molar-refractivity contribution in [1.82, 2.24) is 10.0 Å². The van der Waals surface area contributed by atoms with E-state index in [-0.39, 0.29) is 28.9 Å². The fourth-order valence-corrected chi connectivity index (χ4v) is 4.01. The summed E-state index contributed by atoms with van der Waals surface area (Å²) in [6, 6.07) is 4.49. The largest absolute Gasteiger partial charge is 0.465 e. The first-order valence-electron chi connectivity index (χ1n) is 6.86. The summed E-state index contributed by atoms with van der Waals surface area (Å²) in [7, 11) is -2.38. The molecule has 1 aliphatic rings. The topological polar surface area (TPSA) is 84.5 Å². The third-order valence-corrected chi connectivity index (χ3v) is 5.26. The standard InChI is InChI=1S/C14H20N2O4S.ClH/c1-10-12(14(17)20-2)6-3-7-13(10)21(18,19)16-11-5-4-8-15-9-11;/h3,6-7,11,15-16H,4-5,8-9H2,1-2H3;1H. The Balaban J connectivity index is 0.00000242. The molecular formula is C14H21ClN2O4S. The zero-order valence-electron chi connectivity index (χ0n) is 12.6. The van der Waals surface area contributed by atoms with Crippen molar-refractivity contribution in [2.75, 3.05) is 20.2 Å². The van der Waals surface area contributed by atoms with E-state index < -0.39 is 16.0 Å². The van der Waals surface area contributed by atoms with Crippen LogP contribution >= 0.6 is 12.4 Å². The van der Waals surface area contributed by atoms with Crippen LogP contribution in [0.15, 0.2) is 23.1 Å². The quantitative estimate of drug-likeness (QED) is 0.799. The number of methoxy groups -OCH3 is 1. The first kappa shape index (κ1) is 18.9. The molecule has 124 valence electrons. The van der Waals surface area contributed by atoms with Gasteiger partial charge >= 0.3 is 5.97 Å². The Morgan fingerprint density at radius 1 is 1.41 bits per heavy atom. The van der Waals surface area contributed by atoms with E-state index in [2.05, 4.69) is 14.8 Å². The normalized spacial score (nSPS) is 18.4. The second kappa shape index (κ2) is 7.92. The van der Waals surface area contributed by atoms with Crippen LogP contribution in [-0.4, -0.2) is 40.6 Å². The number of carbonyl (C=O) groups is 1. The number of nitrogens with one attached hydrogen (secondary N) is 2.